The Bertz CT molecular complexity index is 444. The van der Waals surface area contributed by atoms with Gasteiger partial charge in [0.1, 0.15) is 5.75 Å². The topological polar surface area (TPSA) is 46.6 Å². The van der Waals surface area contributed by atoms with Crippen LogP contribution < -0.4 is 4.74 Å². The van der Waals surface area contributed by atoms with Crippen LogP contribution >= 0.6 is 0 Å². The summed E-state index contributed by atoms with van der Waals surface area (Å²) in [5.41, 5.74) is 0. The van der Waals surface area contributed by atoms with E-state index in [4.69, 9.17) is 4.74 Å². The number of para-hydroxylation sites is 1. The van der Waals surface area contributed by atoms with Crippen molar-refractivity contribution in [2.75, 3.05) is 25.4 Å². The average molecular weight is 255 g/mol. The zero-order valence-electron chi connectivity index (χ0n) is 9.71. The van der Waals surface area contributed by atoms with Crippen LogP contribution in [-0.4, -0.2) is 38.2 Å². The number of benzene rings is 1. The van der Waals surface area contributed by atoms with Gasteiger partial charge >= 0.3 is 0 Å². The molecule has 1 heterocycles. The van der Waals surface area contributed by atoms with Crippen molar-refractivity contribution < 1.29 is 13.2 Å². The normalized spacial score (nSPS) is 19.3. The number of nitrogens with zero attached hydrogens (tertiary/aromatic N) is 1. The molecule has 0 aliphatic carbocycles. The number of rotatable bonds is 5. The summed E-state index contributed by atoms with van der Waals surface area (Å²) in [7, 11) is -2.95. The first-order valence-electron chi connectivity index (χ1n) is 5.84. The maximum atomic E-state index is 11.5. The lowest BCUT2D eigenvalue weighted by atomic mass is 10.3. The highest BCUT2D eigenvalue weighted by atomic mass is 32.2. The van der Waals surface area contributed by atoms with E-state index >= 15 is 0 Å². The van der Waals surface area contributed by atoms with Gasteiger partial charge in [-0.15, -0.1) is 0 Å². The van der Waals surface area contributed by atoms with Gasteiger partial charge in [-0.25, -0.2) is 12.7 Å². The molecule has 1 aliphatic rings. The molecule has 0 aromatic heterocycles. The van der Waals surface area contributed by atoms with Crippen molar-refractivity contribution in [1.29, 1.82) is 0 Å². The van der Waals surface area contributed by atoms with Gasteiger partial charge in [0.2, 0.25) is 10.0 Å². The minimum absolute atomic E-state index is 0.298. The summed E-state index contributed by atoms with van der Waals surface area (Å²) in [5.74, 6) is 1.13. The quantitative estimate of drug-likeness (QED) is 0.749. The molecular weight excluding hydrogens is 238 g/mol. The van der Waals surface area contributed by atoms with E-state index in [-0.39, 0.29) is 0 Å². The van der Waals surface area contributed by atoms with E-state index in [1.54, 1.807) is 4.31 Å². The second-order valence-electron chi connectivity index (χ2n) is 4.08. The molecule has 5 heteroatoms. The number of ether oxygens (including phenoxy) is 1. The summed E-state index contributed by atoms with van der Waals surface area (Å²) >= 11 is 0. The molecule has 94 valence electrons. The number of hydrogen-bond donors (Lipinski definition) is 0. The molecule has 17 heavy (non-hydrogen) atoms. The van der Waals surface area contributed by atoms with Crippen LogP contribution in [0, 0.1) is 0 Å². The second-order valence-corrected chi connectivity index (χ2v) is 6.17. The Balaban J connectivity index is 1.70. The molecule has 0 spiro atoms. The lowest BCUT2D eigenvalue weighted by molar-refractivity contribution is 0.292. The van der Waals surface area contributed by atoms with E-state index in [9.17, 15) is 8.42 Å². The lowest BCUT2D eigenvalue weighted by Crippen LogP contribution is -2.27. The van der Waals surface area contributed by atoms with Crippen molar-refractivity contribution in [2.24, 2.45) is 0 Å². The van der Waals surface area contributed by atoms with Gasteiger partial charge in [-0.05, 0) is 25.0 Å². The third kappa shape index (κ3) is 3.44. The minimum Gasteiger partial charge on any atom is -0.494 e. The molecule has 1 fully saturated rings. The zero-order chi connectivity index (χ0) is 12.1. The highest BCUT2D eigenvalue weighted by molar-refractivity contribution is 7.89. The Morgan fingerprint density at radius 1 is 1.24 bits per heavy atom. The fourth-order valence-electron chi connectivity index (χ4n) is 1.89. The van der Waals surface area contributed by atoms with E-state index < -0.39 is 10.0 Å². The van der Waals surface area contributed by atoms with Gasteiger partial charge in [0.05, 0.1) is 12.4 Å². The smallest absolute Gasteiger partial charge is 0.214 e. The molecular formula is C12H17NO3S. The molecule has 2 rings (SSSR count). The van der Waals surface area contributed by atoms with E-state index in [0.717, 1.165) is 18.6 Å². The van der Waals surface area contributed by atoms with E-state index in [1.165, 1.54) is 0 Å². The summed E-state index contributed by atoms with van der Waals surface area (Å²) in [4.78, 5) is 0. The summed E-state index contributed by atoms with van der Waals surface area (Å²) in [6.07, 6.45) is 1.48. The second kappa shape index (κ2) is 5.51. The van der Waals surface area contributed by atoms with Crippen molar-refractivity contribution in [1.82, 2.24) is 4.31 Å². The van der Waals surface area contributed by atoms with Crippen molar-refractivity contribution in [3.63, 3.8) is 0 Å². The third-order valence-corrected chi connectivity index (χ3v) is 4.72. The Morgan fingerprint density at radius 2 is 2.00 bits per heavy atom. The van der Waals surface area contributed by atoms with Crippen LogP contribution in [0.4, 0.5) is 0 Å². The first-order chi connectivity index (χ1) is 8.18. The molecule has 4 nitrogen and oxygen atoms in total. The van der Waals surface area contributed by atoms with Crippen LogP contribution in [0.5, 0.6) is 5.75 Å². The Labute approximate surface area is 102 Å². The molecule has 0 radical (unpaired) electrons. The van der Waals surface area contributed by atoms with Crippen LogP contribution in [0.1, 0.15) is 12.8 Å². The maximum Gasteiger partial charge on any atom is 0.214 e. The highest BCUT2D eigenvalue weighted by Crippen LogP contribution is 2.14. The van der Waals surface area contributed by atoms with Gasteiger partial charge in [0.25, 0.3) is 0 Å². The van der Waals surface area contributed by atoms with Gasteiger partial charge in [-0.3, -0.25) is 0 Å². The molecule has 0 atom stereocenters. The highest BCUT2D eigenvalue weighted by Gasteiger charge is 2.27. The Morgan fingerprint density at radius 3 is 2.65 bits per heavy atom. The van der Waals surface area contributed by atoms with Crippen molar-refractivity contribution >= 4 is 10.0 Å². The summed E-state index contributed by atoms with van der Waals surface area (Å²) in [6.45, 7) is 1.78. The molecule has 0 amide bonds. The molecule has 0 unspecified atom stereocenters. The summed E-state index contributed by atoms with van der Waals surface area (Å²) in [5, 5.41) is 0. The van der Waals surface area contributed by atoms with Gasteiger partial charge in [0.15, 0.2) is 0 Å². The van der Waals surface area contributed by atoms with Gasteiger partial charge in [-0.2, -0.15) is 0 Å². The molecule has 1 saturated heterocycles. The monoisotopic (exact) mass is 255 g/mol. The predicted octanol–water partition coefficient (Wildman–Crippen LogP) is 1.49. The molecule has 0 bridgehead atoms. The van der Waals surface area contributed by atoms with Gasteiger partial charge in [0, 0.05) is 13.1 Å². The fourth-order valence-corrected chi connectivity index (χ4v) is 3.46. The van der Waals surface area contributed by atoms with E-state index in [1.807, 2.05) is 30.3 Å². The summed E-state index contributed by atoms with van der Waals surface area (Å²) < 4.78 is 30.1. The lowest BCUT2D eigenvalue weighted by Gasteiger charge is -2.14. The van der Waals surface area contributed by atoms with Crippen LogP contribution in [0.25, 0.3) is 0 Å². The Kier molecular flexibility index (Phi) is 4.02. The standard InChI is InChI=1S/C12H17NO3S/c14-17(15)11-5-9-13(17)8-4-10-16-12-6-2-1-3-7-12/h1-3,6-7H,4-5,8-11H2. The maximum absolute atomic E-state index is 11.5. The first-order valence-corrected chi connectivity index (χ1v) is 7.45. The van der Waals surface area contributed by atoms with Crippen LogP contribution in [-0.2, 0) is 10.0 Å². The van der Waals surface area contributed by atoms with Crippen molar-refractivity contribution in [3.05, 3.63) is 30.3 Å². The van der Waals surface area contributed by atoms with E-state index in [2.05, 4.69) is 0 Å². The minimum atomic E-state index is -2.95. The average Bonchev–Trinajstić information content (AvgIpc) is 2.66. The SMILES string of the molecule is O=S1(=O)CCCN1CCCOc1ccccc1. The number of hydrogen-bond acceptors (Lipinski definition) is 3. The first kappa shape index (κ1) is 12.4. The van der Waals surface area contributed by atoms with Crippen molar-refractivity contribution in [3.8, 4) is 5.75 Å². The molecule has 1 aromatic carbocycles. The third-order valence-electron chi connectivity index (χ3n) is 2.77. The number of sulfonamides is 1. The molecule has 0 N–H and O–H groups in total. The zero-order valence-corrected chi connectivity index (χ0v) is 10.5. The van der Waals surface area contributed by atoms with Crippen LogP contribution in [0.15, 0.2) is 30.3 Å². The van der Waals surface area contributed by atoms with Crippen molar-refractivity contribution in [2.45, 2.75) is 12.8 Å². The van der Waals surface area contributed by atoms with Crippen LogP contribution in [0.3, 0.4) is 0 Å². The Hall–Kier alpha value is -1.07. The summed E-state index contributed by atoms with van der Waals surface area (Å²) in [6, 6.07) is 9.56. The van der Waals surface area contributed by atoms with Gasteiger partial charge in [-0.1, -0.05) is 18.2 Å². The predicted molar refractivity (Wildman–Crippen MR) is 66.5 cm³/mol. The molecule has 1 aromatic rings. The van der Waals surface area contributed by atoms with E-state index in [0.29, 0.717) is 25.4 Å². The fraction of sp³-hybridized carbons (Fsp3) is 0.500. The largest absolute Gasteiger partial charge is 0.494 e. The van der Waals surface area contributed by atoms with Gasteiger partial charge < -0.3 is 4.74 Å². The molecule has 1 aliphatic heterocycles. The van der Waals surface area contributed by atoms with Crippen LogP contribution in [0.2, 0.25) is 0 Å². The molecule has 0 saturated carbocycles.